The fourth-order valence-electron chi connectivity index (χ4n) is 8.05. The van der Waals surface area contributed by atoms with Crippen LogP contribution in [0.2, 0.25) is 0 Å². The summed E-state index contributed by atoms with van der Waals surface area (Å²) in [7, 11) is 0. The number of hydrogen-bond donors (Lipinski definition) is 0. The molecule has 8 aromatic carbocycles. The van der Waals surface area contributed by atoms with Gasteiger partial charge in [-0.3, -0.25) is 0 Å². The molecule has 0 aliphatic rings. The molecule has 0 saturated heterocycles. The van der Waals surface area contributed by atoms with Crippen molar-refractivity contribution in [3.05, 3.63) is 194 Å². The molecule has 262 valence electrons. The molecular weight excluding hydrogens is 685 g/mol. The van der Waals surface area contributed by atoms with Crippen molar-refractivity contribution in [2.75, 3.05) is 0 Å². The first kappa shape index (κ1) is 31.9. The monoisotopic (exact) mass is 716 g/mol. The molecule has 0 N–H and O–H groups in total. The van der Waals surface area contributed by atoms with Crippen LogP contribution in [0.25, 0.3) is 106 Å². The predicted octanol–water partition coefficient (Wildman–Crippen LogP) is 13.2. The highest BCUT2D eigenvalue weighted by Gasteiger charge is 2.20. The van der Waals surface area contributed by atoms with Crippen LogP contribution in [-0.4, -0.2) is 19.5 Å². The van der Waals surface area contributed by atoms with Crippen molar-refractivity contribution in [3.8, 4) is 62.1 Å². The minimum atomic E-state index is 0.579. The van der Waals surface area contributed by atoms with Gasteiger partial charge in [0, 0.05) is 43.9 Å². The Morgan fingerprint density at radius 3 is 1.52 bits per heavy atom. The summed E-state index contributed by atoms with van der Waals surface area (Å²) in [4.78, 5) is 15.9. The third kappa shape index (κ3) is 5.37. The minimum Gasteiger partial charge on any atom is -0.456 e. The number of fused-ring (bicyclic) bond motifs is 6. The Morgan fingerprint density at radius 1 is 0.339 bits per heavy atom. The molecule has 11 rings (SSSR count). The highest BCUT2D eigenvalue weighted by atomic mass is 16.3. The van der Waals surface area contributed by atoms with E-state index in [0.29, 0.717) is 17.5 Å². The van der Waals surface area contributed by atoms with Gasteiger partial charge in [0.05, 0.1) is 11.0 Å². The van der Waals surface area contributed by atoms with Gasteiger partial charge < -0.3 is 8.98 Å². The maximum absolute atomic E-state index is 6.33. The molecule has 0 spiro atoms. The van der Waals surface area contributed by atoms with Crippen LogP contribution in [0.4, 0.5) is 0 Å². The summed E-state index contributed by atoms with van der Waals surface area (Å²) >= 11 is 0. The fraction of sp³-hybridized carbons (Fsp3) is 0. The molecule has 56 heavy (non-hydrogen) atoms. The fourth-order valence-corrected chi connectivity index (χ4v) is 8.05. The molecule has 11 aromatic rings. The highest BCUT2D eigenvalue weighted by molar-refractivity contribution is 6.12. The van der Waals surface area contributed by atoms with Gasteiger partial charge in [0.2, 0.25) is 0 Å². The van der Waals surface area contributed by atoms with E-state index in [4.69, 9.17) is 19.4 Å². The molecule has 0 aliphatic heterocycles. The number of benzene rings is 8. The van der Waals surface area contributed by atoms with Gasteiger partial charge in [-0.2, -0.15) is 0 Å². The van der Waals surface area contributed by atoms with Gasteiger partial charge in [0.25, 0.3) is 0 Å². The minimum absolute atomic E-state index is 0.579. The topological polar surface area (TPSA) is 56.7 Å². The number of hydrogen-bond acceptors (Lipinski definition) is 4. The van der Waals surface area contributed by atoms with Crippen LogP contribution >= 0.6 is 0 Å². The summed E-state index contributed by atoms with van der Waals surface area (Å²) in [6.45, 7) is 0. The predicted molar refractivity (Wildman–Crippen MR) is 229 cm³/mol. The van der Waals surface area contributed by atoms with Crippen molar-refractivity contribution >= 4 is 43.7 Å². The summed E-state index contributed by atoms with van der Waals surface area (Å²) in [6.07, 6.45) is 0. The molecule has 0 amide bonds. The standard InChI is InChI=1S/C51H32N4O/c1-3-15-33(16-4-1)36-29-37(34-17-5-2-6-18-34)31-38(30-36)50-52-49(53-51(54-50)43-24-14-28-47-48(43)42-23-9-12-27-46(42)56-47)35-19-13-20-39(32-35)55-44-25-10-7-21-40(44)41-22-8-11-26-45(41)55/h1-32H. The van der Waals surface area contributed by atoms with Crippen LogP contribution in [0.15, 0.2) is 199 Å². The molecule has 0 radical (unpaired) electrons. The number of para-hydroxylation sites is 3. The third-order valence-electron chi connectivity index (χ3n) is 10.6. The van der Waals surface area contributed by atoms with Crippen molar-refractivity contribution in [1.82, 2.24) is 19.5 Å². The molecule has 0 unspecified atom stereocenters. The van der Waals surface area contributed by atoms with Crippen molar-refractivity contribution in [1.29, 1.82) is 0 Å². The van der Waals surface area contributed by atoms with E-state index in [-0.39, 0.29) is 0 Å². The molecule has 0 atom stereocenters. The SMILES string of the molecule is c1ccc(-c2cc(-c3ccccc3)cc(-c3nc(-c4cccc(-n5c6ccccc6c6ccccc65)c4)nc(-c4cccc5oc6ccccc6c45)n3)c2)cc1. The van der Waals surface area contributed by atoms with Gasteiger partial charge in [-0.1, -0.05) is 140 Å². The molecule has 3 aromatic heterocycles. The summed E-state index contributed by atoms with van der Waals surface area (Å²) in [5.74, 6) is 1.76. The summed E-state index contributed by atoms with van der Waals surface area (Å²) in [6, 6.07) is 67.5. The molecule has 5 heteroatoms. The Balaban J connectivity index is 1.16. The second-order valence-corrected chi connectivity index (χ2v) is 14.0. The maximum Gasteiger partial charge on any atom is 0.164 e. The molecular formula is C51H32N4O. The Kier molecular flexibility index (Phi) is 7.42. The molecule has 0 aliphatic carbocycles. The van der Waals surface area contributed by atoms with E-state index < -0.39 is 0 Å². The van der Waals surface area contributed by atoms with Crippen molar-refractivity contribution < 1.29 is 4.42 Å². The average molecular weight is 717 g/mol. The first-order chi connectivity index (χ1) is 27.7. The van der Waals surface area contributed by atoms with Gasteiger partial charge in [-0.25, -0.2) is 15.0 Å². The van der Waals surface area contributed by atoms with E-state index in [2.05, 4.69) is 156 Å². The van der Waals surface area contributed by atoms with Crippen LogP contribution in [0.5, 0.6) is 0 Å². The average Bonchev–Trinajstić information content (AvgIpc) is 3.83. The molecule has 0 saturated carbocycles. The van der Waals surface area contributed by atoms with E-state index in [1.54, 1.807) is 0 Å². The number of rotatable bonds is 6. The second kappa shape index (κ2) is 13.0. The van der Waals surface area contributed by atoms with Crippen molar-refractivity contribution in [2.45, 2.75) is 0 Å². The summed E-state index contributed by atoms with van der Waals surface area (Å²) < 4.78 is 8.65. The Morgan fingerprint density at radius 2 is 0.839 bits per heavy atom. The highest BCUT2D eigenvalue weighted by Crippen LogP contribution is 2.39. The van der Waals surface area contributed by atoms with Crippen LogP contribution in [0, 0.1) is 0 Å². The van der Waals surface area contributed by atoms with Crippen LogP contribution in [0.1, 0.15) is 0 Å². The Bertz CT molecular complexity index is 3140. The number of nitrogens with zero attached hydrogens (tertiary/aromatic N) is 4. The van der Waals surface area contributed by atoms with E-state index in [0.717, 1.165) is 77.6 Å². The van der Waals surface area contributed by atoms with Gasteiger partial charge in [-0.05, 0) is 76.9 Å². The van der Waals surface area contributed by atoms with Gasteiger partial charge in [0.15, 0.2) is 17.5 Å². The van der Waals surface area contributed by atoms with Gasteiger partial charge in [0.1, 0.15) is 11.2 Å². The second-order valence-electron chi connectivity index (χ2n) is 14.0. The lowest BCUT2D eigenvalue weighted by atomic mass is 9.96. The van der Waals surface area contributed by atoms with E-state index >= 15 is 0 Å². The zero-order valence-corrected chi connectivity index (χ0v) is 30.2. The first-order valence-electron chi connectivity index (χ1n) is 18.8. The zero-order valence-electron chi connectivity index (χ0n) is 30.2. The van der Waals surface area contributed by atoms with Crippen LogP contribution < -0.4 is 0 Å². The Hall–Kier alpha value is -7.63. The van der Waals surface area contributed by atoms with Crippen LogP contribution in [0.3, 0.4) is 0 Å². The normalized spacial score (nSPS) is 11.6. The number of furan rings is 1. The van der Waals surface area contributed by atoms with Crippen molar-refractivity contribution in [2.24, 2.45) is 0 Å². The lowest BCUT2D eigenvalue weighted by Gasteiger charge is -2.13. The van der Waals surface area contributed by atoms with E-state index in [9.17, 15) is 0 Å². The smallest absolute Gasteiger partial charge is 0.164 e. The van der Waals surface area contributed by atoms with E-state index in [1.165, 1.54) is 10.8 Å². The Labute approximate surface area is 322 Å². The maximum atomic E-state index is 6.33. The zero-order chi connectivity index (χ0) is 37.0. The summed E-state index contributed by atoms with van der Waals surface area (Å²) in [5.41, 5.74) is 12.0. The lowest BCUT2D eigenvalue weighted by Crippen LogP contribution is -2.02. The lowest BCUT2D eigenvalue weighted by molar-refractivity contribution is 0.669. The van der Waals surface area contributed by atoms with E-state index in [1.807, 2.05) is 42.5 Å². The molecule has 0 bridgehead atoms. The third-order valence-corrected chi connectivity index (χ3v) is 10.6. The van der Waals surface area contributed by atoms with Gasteiger partial charge >= 0.3 is 0 Å². The molecule has 0 fully saturated rings. The van der Waals surface area contributed by atoms with Crippen molar-refractivity contribution in [3.63, 3.8) is 0 Å². The largest absolute Gasteiger partial charge is 0.456 e. The number of aromatic nitrogens is 4. The molecule has 5 nitrogen and oxygen atoms in total. The summed E-state index contributed by atoms with van der Waals surface area (Å²) in [5, 5.41) is 4.43. The molecule has 3 heterocycles. The van der Waals surface area contributed by atoms with Crippen LogP contribution in [-0.2, 0) is 0 Å². The van der Waals surface area contributed by atoms with Gasteiger partial charge in [-0.15, -0.1) is 0 Å². The first-order valence-corrected chi connectivity index (χ1v) is 18.8. The quantitative estimate of drug-likeness (QED) is 0.172.